The second-order valence-electron chi connectivity index (χ2n) is 14.9. The zero-order valence-corrected chi connectivity index (χ0v) is 36.6. The van der Waals surface area contributed by atoms with Gasteiger partial charge in [-0.15, -0.1) is 18.2 Å². The number of halogens is 1. The van der Waals surface area contributed by atoms with Gasteiger partial charge in [0.05, 0.1) is 28.0 Å². The minimum Gasteiger partial charge on any atom is -0.486 e. The van der Waals surface area contributed by atoms with Crippen LogP contribution >= 0.6 is 0 Å². The van der Waals surface area contributed by atoms with Crippen LogP contribution in [0.5, 0.6) is 0 Å². The van der Waals surface area contributed by atoms with Crippen LogP contribution in [0, 0.1) is 38.5 Å². The Hall–Kier alpha value is -5.80. The fourth-order valence-electron chi connectivity index (χ4n) is 7.29. The number of benzene rings is 5. The van der Waals surface area contributed by atoms with Gasteiger partial charge >= 0.3 is 114 Å². The number of para-hydroxylation sites is 1. The van der Waals surface area contributed by atoms with Gasteiger partial charge in [-0.25, -0.2) is 4.98 Å². The van der Waals surface area contributed by atoms with Crippen LogP contribution in [-0.2, 0) is 20.1 Å². The van der Waals surface area contributed by atoms with Gasteiger partial charge in [-0.05, 0) is 61.2 Å². The Morgan fingerprint density at radius 1 is 0.712 bits per heavy atom. The van der Waals surface area contributed by atoms with Crippen LogP contribution < -0.4 is 4.40 Å². The van der Waals surface area contributed by atoms with Gasteiger partial charge in [0.1, 0.15) is 0 Å². The Labute approximate surface area is 371 Å². The molecule has 0 unspecified atom stereocenters. The van der Waals surface area contributed by atoms with Crippen molar-refractivity contribution in [3.8, 4) is 39.5 Å². The molecule has 5 aromatic heterocycles. The SMILES string of the molecule is [2H]C([2H])([2H])c1cc(-c2[c-]cccc2F)nc[c]1[Ge]([CH3])([CH3])[CH3].[2H]C([2H])([2H])c1cc2c(nc1C([2H])([2H])[2H])oc1c(-c3nc4ccc5ncccc5c4n3-c3ccccc3-c3ccccc3)[c-]ccc12.[Ir]. The summed E-state index contributed by atoms with van der Waals surface area (Å²) < 4.78 is 94.3. The fraction of sp³-hybridized carbons (Fsp3) is 0.120. The van der Waals surface area contributed by atoms with E-state index in [-0.39, 0.29) is 42.5 Å². The topological polar surface area (TPSA) is 69.6 Å². The Kier molecular flexibility index (Phi) is 8.26. The maximum absolute atomic E-state index is 13.8. The van der Waals surface area contributed by atoms with Gasteiger partial charge in [-0.3, -0.25) is 9.97 Å². The van der Waals surface area contributed by atoms with Crippen LogP contribution in [0.25, 0.3) is 83.5 Å². The first kappa shape index (κ1) is 30.3. The molecular weight excluding hydrogens is 970 g/mol. The van der Waals surface area contributed by atoms with E-state index < -0.39 is 45.3 Å². The Balaban J connectivity index is 0.000000240. The van der Waals surface area contributed by atoms with Crippen molar-refractivity contribution in [2.45, 2.75) is 37.8 Å². The van der Waals surface area contributed by atoms with Crippen molar-refractivity contribution < 1.29 is 41.2 Å². The van der Waals surface area contributed by atoms with Gasteiger partial charge in [0, 0.05) is 62.2 Å². The number of aryl methyl sites for hydroxylation is 3. The zero-order valence-electron chi connectivity index (χ0n) is 41.1. The van der Waals surface area contributed by atoms with Crippen LogP contribution in [0.15, 0.2) is 138 Å². The molecule has 5 heterocycles. The summed E-state index contributed by atoms with van der Waals surface area (Å²) in [7, 11) is 0. The van der Waals surface area contributed by atoms with Gasteiger partial charge in [0.25, 0.3) is 0 Å². The van der Waals surface area contributed by atoms with E-state index in [0.29, 0.717) is 33.4 Å². The molecule has 0 aliphatic heterocycles. The van der Waals surface area contributed by atoms with Crippen molar-refractivity contribution in [1.82, 2.24) is 24.5 Å². The molecule has 0 amide bonds. The number of hydrogen-bond donors (Lipinski definition) is 0. The molecule has 6 nitrogen and oxygen atoms in total. The van der Waals surface area contributed by atoms with Crippen molar-refractivity contribution in [2.75, 3.05) is 0 Å². The monoisotopic (exact) mass is 1020 g/mol. The largest absolute Gasteiger partial charge is 0.486 e. The molecule has 0 N–H and O–H groups in total. The Morgan fingerprint density at radius 2 is 1.51 bits per heavy atom. The number of nitrogens with zero attached hydrogens (tertiary/aromatic N) is 5. The molecule has 293 valence electrons. The van der Waals surface area contributed by atoms with Gasteiger partial charge in [0.15, 0.2) is 0 Å². The standard InChI is InChI=1S/C35H23N4O.C15H17FGeN.Ir/c1-21-20-28-25-13-8-14-27(33(25)40-35(28)37-22(21)2)34-38-30-18-17-29-26(15-9-19-36-29)32(30)39(34)31-16-7-6-12-24(31)23-10-4-3-5-11-23;1-11-9-15(12-7-5-6-8-13(12)16)18-10-14(11)17(2,3)4;/h3-13,15-20H,1-2H3;5-6,8-10H,1-4H3;/q2*-1;/i1D3,2D3;1D3;. The Morgan fingerprint density at radius 3 is 2.31 bits per heavy atom. The first-order valence-electron chi connectivity index (χ1n) is 23.1. The second kappa shape index (κ2) is 16.1. The number of rotatable bonds is 5. The predicted molar refractivity (Wildman–Crippen MR) is 237 cm³/mol. The minimum absolute atomic E-state index is 0. The van der Waals surface area contributed by atoms with Crippen LogP contribution in [0.4, 0.5) is 4.39 Å². The van der Waals surface area contributed by atoms with E-state index in [1.54, 1.807) is 36.7 Å². The summed E-state index contributed by atoms with van der Waals surface area (Å²) in [6, 6.07) is 42.8. The maximum atomic E-state index is 13.8. The third-order valence-electron chi connectivity index (χ3n) is 10.0. The van der Waals surface area contributed by atoms with E-state index >= 15 is 0 Å². The molecule has 59 heavy (non-hydrogen) atoms. The summed E-state index contributed by atoms with van der Waals surface area (Å²) >= 11 is -2.38. The van der Waals surface area contributed by atoms with E-state index in [0.717, 1.165) is 43.1 Å². The first-order valence-corrected chi connectivity index (χ1v) is 25.9. The molecule has 5 aromatic carbocycles. The van der Waals surface area contributed by atoms with Gasteiger partial charge in [-0.1, -0.05) is 59.5 Å². The van der Waals surface area contributed by atoms with Crippen LogP contribution in [-0.4, -0.2) is 37.8 Å². The van der Waals surface area contributed by atoms with Gasteiger partial charge in [-0.2, -0.15) is 0 Å². The first-order chi connectivity index (χ1) is 31.7. The number of hydrogen-bond acceptors (Lipinski definition) is 5. The predicted octanol–water partition coefficient (Wildman–Crippen LogP) is 12.2. The van der Waals surface area contributed by atoms with Crippen LogP contribution in [0.2, 0.25) is 17.3 Å². The summed E-state index contributed by atoms with van der Waals surface area (Å²) in [5.41, 5.74) is 6.12. The average Bonchev–Trinajstić information content (AvgIpc) is 3.87. The van der Waals surface area contributed by atoms with Crippen molar-refractivity contribution in [1.29, 1.82) is 0 Å². The molecule has 0 saturated heterocycles. The smallest absolute Gasteiger partial charge is 0.216 e. The number of aromatic nitrogens is 5. The molecule has 0 fully saturated rings. The number of imidazole rings is 1. The second-order valence-corrected chi connectivity index (χ2v) is 25.4. The van der Waals surface area contributed by atoms with Crippen LogP contribution in [0.3, 0.4) is 0 Å². The molecule has 0 aliphatic carbocycles. The van der Waals surface area contributed by atoms with Gasteiger partial charge in [0.2, 0.25) is 5.71 Å². The van der Waals surface area contributed by atoms with E-state index in [1.807, 2.05) is 60.7 Å². The molecule has 9 heteroatoms. The van der Waals surface area contributed by atoms with Crippen molar-refractivity contribution in [3.05, 3.63) is 168 Å². The maximum Gasteiger partial charge on any atom is 0.216 e. The molecule has 0 saturated carbocycles. The van der Waals surface area contributed by atoms with E-state index in [9.17, 15) is 4.39 Å². The van der Waals surface area contributed by atoms with Crippen molar-refractivity contribution in [3.63, 3.8) is 0 Å². The summed E-state index contributed by atoms with van der Waals surface area (Å²) in [6.07, 6.45) is 3.36. The normalized spacial score (nSPS) is 14.4. The van der Waals surface area contributed by atoms with E-state index in [4.69, 9.17) is 21.7 Å². The fourth-order valence-corrected chi connectivity index (χ4v) is 10.1. The molecule has 1 radical (unpaired) electrons. The quantitative estimate of drug-likeness (QED) is 0.127. The van der Waals surface area contributed by atoms with Gasteiger partial charge < -0.3 is 8.98 Å². The third-order valence-corrected chi connectivity index (χ3v) is 14.3. The summed E-state index contributed by atoms with van der Waals surface area (Å²) in [6.45, 7) is -7.67. The zero-order chi connectivity index (χ0) is 47.6. The summed E-state index contributed by atoms with van der Waals surface area (Å²) in [5, 5.41) is 1.87. The van der Waals surface area contributed by atoms with E-state index in [2.05, 4.69) is 67.1 Å². The average molecular weight is 1020 g/mol. The summed E-state index contributed by atoms with van der Waals surface area (Å²) in [4.78, 5) is 18.3. The minimum atomic E-state index is -2.75. The number of fused-ring (bicyclic) bond motifs is 6. The molecule has 10 aromatic rings. The molecule has 0 atom stereocenters. The molecule has 0 bridgehead atoms. The van der Waals surface area contributed by atoms with Crippen molar-refractivity contribution in [2.24, 2.45) is 0 Å². The Bertz CT molecular complexity index is 3510. The molecule has 0 aliphatic rings. The third kappa shape index (κ3) is 7.42. The molecule has 10 rings (SSSR count). The molecular formula is C50H40FGeIrN5O-2. The van der Waals surface area contributed by atoms with Crippen LogP contribution in [0.1, 0.15) is 29.2 Å². The van der Waals surface area contributed by atoms with E-state index in [1.165, 1.54) is 18.2 Å². The van der Waals surface area contributed by atoms with Crippen molar-refractivity contribution >= 4 is 61.7 Å². The summed E-state index contributed by atoms with van der Waals surface area (Å²) in [5.74, 6) is 6.42. The number of furan rings is 1. The number of pyridine rings is 3. The molecule has 0 spiro atoms.